The summed E-state index contributed by atoms with van der Waals surface area (Å²) in [5, 5.41) is 23.7. The largest absolute Gasteiger partial charge is 0.481 e. The lowest BCUT2D eigenvalue weighted by Crippen LogP contribution is -1.92. The van der Waals surface area contributed by atoms with Gasteiger partial charge in [0.25, 0.3) is 5.97 Å². The minimum absolute atomic E-state index is 0.327. The Morgan fingerprint density at radius 3 is 1.10 bits per heavy atom. The Balaban J connectivity index is -0.000000230. The number of hydrogen-bond donors (Lipinski definition) is 3. The number of aliphatic carboxylic acids is 3. The molecule has 0 saturated carbocycles. The lowest BCUT2D eigenvalue weighted by atomic mass is 10.2. The van der Waals surface area contributed by atoms with Crippen LogP contribution in [0.3, 0.4) is 0 Å². The van der Waals surface area contributed by atoms with E-state index in [1.165, 1.54) is 0 Å². The molecule has 0 aromatic carbocycles. The van der Waals surface area contributed by atoms with Crippen LogP contribution in [-0.4, -0.2) is 33.2 Å². The second-order valence-corrected chi connectivity index (χ2v) is 4.22. The van der Waals surface area contributed by atoms with E-state index in [1.54, 1.807) is 0 Å². The maximum atomic E-state index is 9.87. The molecule has 120 valence electrons. The molecule has 0 heterocycles. The van der Waals surface area contributed by atoms with Gasteiger partial charge in [-0.2, -0.15) is 0 Å². The maximum absolute atomic E-state index is 9.87. The van der Waals surface area contributed by atoms with E-state index in [0.29, 0.717) is 12.8 Å². The standard InChI is InChI=1S/2C6H12O2.C2H4O2/c2*1-2-3-4-5-6(7)8;1-2(3)4/h2*2-5H2,1H3,(H,7,8);1H3,(H,3,4). The van der Waals surface area contributed by atoms with Gasteiger partial charge in [0, 0.05) is 19.8 Å². The van der Waals surface area contributed by atoms with Crippen LogP contribution in [-0.2, 0) is 14.4 Å². The van der Waals surface area contributed by atoms with E-state index in [0.717, 1.165) is 45.4 Å². The van der Waals surface area contributed by atoms with Gasteiger partial charge in [0.2, 0.25) is 0 Å². The van der Waals surface area contributed by atoms with Gasteiger partial charge in [-0.25, -0.2) is 0 Å². The van der Waals surface area contributed by atoms with E-state index in [4.69, 9.17) is 20.1 Å². The van der Waals surface area contributed by atoms with Gasteiger partial charge < -0.3 is 15.3 Å². The van der Waals surface area contributed by atoms with Gasteiger partial charge >= 0.3 is 11.9 Å². The Bertz CT molecular complexity index is 226. The molecule has 0 rings (SSSR count). The smallest absolute Gasteiger partial charge is 0.303 e. The Kier molecular flexibility index (Phi) is 23.2. The highest BCUT2D eigenvalue weighted by Crippen LogP contribution is 1.97. The molecule has 20 heavy (non-hydrogen) atoms. The van der Waals surface area contributed by atoms with E-state index in [2.05, 4.69) is 13.8 Å². The van der Waals surface area contributed by atoms with Crippen LogP contribution in [0, 0.1) is 0 Å². The van der Waals surface area contributed by atoms with Crippen LogP contribution in [0.15, 0.2) is 0 Å². The van der Waals surface area contributed by atoms with Crippen LogP contribution >= 0.6 is 0 Å². The van der Waals surface area contributed by atoms with Crippen molar-refractivity contribution in [2.75, 3.05) is 0 Å². The molecule has 6 heteroatoms. The second-order valence-electron chi connectivity index (χ2n) is 4.22. The Hall–Kier alpha value is -1.59. The molecule has 3 N–H and O–H groups in total. The van der Waals surface area contributed by atoms with Crippen LogP contribution in [0.1, 0.15) is 72.1 Å². The highest BCUT2D eigenvalue weighted by Gasteiger charge is 1.93. The fourth-order valence-corrected chi connectivity index (χ4v) is 1.05. The third-order valence-electron chi connectivity index (χ3n) is 1.99. The summed E-state index contributed by atoms with van der Waals surface area (Å²) in [5.74, 6) is -2.20. The van der Waals surface area contributed by atoms with E-state index >= 15 is 0 Å². The highest BCUT2D eigenvalue weighted by molar-refractivity contribution is 5.66. The van der Waals surface area contributed by atoms with Crippen molar-refractivity contribution >= 4 is 17.9 Å². The average Bonchev–Trinajstić information content (AvgIpc) is 2.29. The van der Waals surface area contributed by atoms with Crippen LogP contribution in [0.5, 0.6) is 0 Å². The third kappa shape index (κ3) is 55.1. The van der Waals surface area contributed by atoms with Crippen molar-refractivity contribution < 1.29 is 29.7 Å². The van der Waals surface area contributed by atoms with Gasteiger partial charge in [0.1, 0.15) is 0 Å². The quantitative estimate of drug-likeness (QED) is 0.591. The molecular weight excluding hydrogens is 264 g/mol. The zero-order chi connectivity index (χ0) is 16.4. The summed E-state index contributed by atoms with van der Waals surface area (Å²) in [4.78, 5) is 28.7. The first-order valence-electron chi connectivity index (χ1n) is 6.90. The molecule has 0 aromatic rings. The van der Waals surface area contributed by atoms with E-state index in [-0.39, 0.29) is 0 Å². The molecule has 0 amide bonds. The van der Waals surface area contributed by atoms with Crippen molar-refractivity contribution in [2.24, 2.45) is 0 Å². The fraction of sp³-hybridized carbons (Fsp3) is 0.786. The Labute approximate surface area is 120 Å². The molecule has 0 aliphatic heterocycles. The van der Waals surface area contributed by atoms with Crippen LogP contribution in [0.2, 0.25) is 0 Å². The van der Waals surface area contributed by atoms with Gasteiger partial charge in [-0.1, -0.05) is 39.5 Å². The van der Waals surface area contributed by atoms with Gasteiger partial charge in [0.15, 0.2) is 0 Å². The Morgan fingerprint density at radius 1 is 0.700 bits per heavy atom. The van der Waals surface area contributed by atoms with Crippen molar-refractivity contribution in [2.45, 2.75) is 72.1 Å². The zero-order valence-electron chi connectivity index (χ0n) is 12.7. The molecule has 0 aromatic heterocycles. The molecule has 0 aliphatic carbocycles. The van der Waals surface area contributed by atoms with Crippen molar-refractivity contribution in [3.05, 3.63) is 0 Å². The molecule has 0 radical (unpaired) electrons. The van der Waals surface area contributed by atoms with Gasteiger partial charge in [-0.3, -0.25) is 14.4 Å². The summed E-state index contributed by atoms with van der Waals surface area (Å²) in [7, 11) is 0. The van der Waals surface area contributed by atoms with Gasteiger partial charge in [0.05, 0.1) is 0 Å². The third-order valence-corrected chi connectivity index (χ3v) is 1.99. The number of hydrogen-bond acceptors (Lipinski definition) is 3. The summed E-state index contributed by atoms with van der Waals surface area (Å²) in [6, 6.07) is 0. The first-order valence-corrected chi connectivity index (χ1v) is 6.90. The zero-order valence-corrected chi connectivity index (χ0v) is 12.7. The van der Waals surface area contributed by atoms with Gasteiger partial charge in [-0.05, 0) is 12.8 Å². The van der Waals surface area contributed by atoms with Crippen molar-refractivity contribution in [3.63, 3.8) is 0 Å². The normalized spacial score (nSPS) is 8.55. The molecular formula is C14H28O6. The van der Waals surface area contributed by atoms with Crippen LogP contribution in [0.25, 0.3) is 0 Å². The van der Waals surface area contributed by atoms with Crippen molar-refractivity contribution in [3.8, 4) is 0 Å². The number of rotatable bonds is 8. The maximum Gasteiger partial charge on any atom is 0.303 e. The SMILES string of the molecule is CC(=O)O.CCCCCC(=O)O.CCCCCC(=O)O. The predicted molar refractivity (Wildman–Crippen MR) is 76.9 cm³/mol. The fourth-order valence-electron chi connectivity index (χ4n) is 1.05. The van der Waals surface area contributed by atoms with Crippen LogP contribution in [0.4, 0.5) is 0 Å². The number of carboxylic acids is 3. The second kappa shape index (κ2) is 19.7. The average molecular weight is 292 g/mol. The lowest BCUT2D eigenvalue weighted by molar-refractivity contribution is -0.138. The van der Waals surface area contributed by atoms with Gasteiger partial charge in [-0.15, -0.1) is 0 Å². The minimum Gasteiger partial charge on any atom is -0.481 e. The van der Waals surface area contributed by atoms with E-state index < -0.39 is 17.9 Å². The highest BCUT2D eigenvalue weighted by atomic mass is 16.4. The number of carboxylic acid groups (broad SMARTS) is 3. The monoisotopic (exact) mass is 292 g/mol. The molecule has 0 fully saturated rings. The molecule has 0 atom stereocenters. The van der Waals surface area contributed by atoms with E-state index in [9.17, 15) is 9.59 Å². The predicted octanol–water partition coefficient (Wildman–Crippen LogP) is 3.39. The van der Waals surface area contributed by atoms with Crippen molar-refractivity contribution in [1.29, 1.82) is 0 Å². The van der Waals surface area contributed by atoms with E-state index in [1.807, 2.05) is 0 Å². The minimum atomic E-state index is -0.833. The summed E-state index contributed by atoms with van der Waals surface area (Å²) in [6.07, 6.45) is 6.55. The molecule has 6 nitrogen and oxygen atoms in total. The summed E-state index contributed by atoms with van der Waals surface area (Å²) >= 11 is 0. The number of unbranched alkanes of at least 4 members (excludes halogenated alkanes) is 4. The first kappa shape index (κ1) is 23.5. The molecule has 0 unspecified atom stereocenters. The molecule has 0 aliphatic rings. The lowest BCUT2D eigenvalue weighted by Gasteiger charge is -1.89. The summed E-state index contributed by atoms with van der Waals surface area (Å²) in [6.45, 7) is 5.20. The summed E-state index contributed by atoms with van der Waals surface area (Å²) in [5.41, 5.74) is 0. The summed E-state index contributed by atoms with van der Waals surface area (Å²) < 4.78 is 0. The van der Waals surface area contributed by atoms with Crippen LogP contribution < -0.4 is 0 Å². The topological polar surface area (TPSA) is 112 Å². The molecule has 0 saturated heterocycles. The number of carbonyl (C=O) groups is 3. The molecule has 0 bridgehead atoms. The Morgan fingerprint density at radius 2 is 0.950 bits per heavy atom. The molecule has 0 spiro atoms. The van der Waals surface area contributed by atoms with Crippen molar-refractivity contribution in [1.82, 2.24) is 0 Å². The first-order chi connectivity index (χ1) is 9.27.